The highest BCUT2D eigenvalue weighted by atomic mass is 16.7. The predicted octanol–water partition coefficient (Wildman–Crippen LogP) is 4.62. The highest BCUT2D eigenvalue weighted by molar-refractivity contribution is 5.96. The van der Waals surface area contributed by atoms with E-state index < -0.39 is 0 Å². The van der Waals surface area contributed by atoms with Crippen LogP contribution in [0.4, 0.5) is 0 Å². The lowest BCUT2D eigenvalue weighted by Gasteiger charge is -2.31. The van der Waals surface area contributed by atoms with E-state index >= 15 is 0 Å². The summed E-state index contributed by atoms with van der Waals surface area (Å²) in [6, 6.07) is 17.2. The second-order valence-electron chi connectivity index (χ2n) is 12.0. The molecular weight excluding hydrogens is 534 g/mol. The van der Waals surface area contributed by atoms with Gasteiger partial charge in [-0.15, -0.1) is 0 Å². The lowest BCUT2D eigenvalue weighted by atomic mass is 9.86. The van der Waals surface area contributed by atoms with Crippen molar-refractivity contribution < 1.29 is 28.2 Å². The Labute approximate surface area is 247 Å². The number of nitrogens with zero attached hydrogens (tertiary/aromatic N) is 3. The second kappa shape index (κ2) is 13.0. The van der Waals surface area contributed by atoms with Crippen molar-refractivity contribution in [3.05, 3.63) is 82.8 Å². The number of morpholine rings is 1. The molecule has 1 saturated heterocycles. The molecule has 2 aromatic carbocycles. The molecule has 1 aromatic heterocycles. The number of carbonyl (C=O) groups excluding carboxylic acids is 2. The molecule has 42 heavy (non-hydrogen) atoms. The van der Waals surface area contributed by atoms with E-state index in [1.165, 1.54) is 0 Å². The summed E-state index contributed by atoms with van der Waals surface area (Å²) < 4.78 is 22.3. The molecule has 5 rings (SSSR count). The zero-order valence-corrected chi connectivity index (χ0v) is 25.1. The van der Waals surface area contributed by atoms with Crippen LogP contribution in [0.5, 0.6) is 11.5 Å². The van der Waals surface area contributed by atoms with Gasteiger partial charge in [0, 0.05) is 38.3 Å². The van der Waals surface area contributed by atoms with Crippen molar-refractivity contribution in [2.24, 2.45) is 0 Å². The van der Waals surface area contributed by atoms with Gasteiger partial charge in [0.15, 0.2) is 11.5 Å². The van der Waals surface area contributed by atoms with Crippen molar-refractivity contribution in [1.29, 1.82) is 0 Å². The first-order chi connectivity index (χ1) is 20.2. The van der Waals surface area contributed by atoms with Gasteiger partial charge in [0.25, 0.3) is 5.91 Å². The minimum absolute atomic E-state index is 0.0208. The Bertz CT molecular complexity index is 1370. The molecule has 224 valence electrons. The van der Waals surface area contributed by atoms with E-state index in [-0.39, 0.29) is 37.1 Å². The number of furan rings is 1. The fourth-order valence-electron chi connectivity index (χ4n) is 5.15. The summed E-state index contributed by atoms with van der Waals surface area (Å²) in [5.74, 6) is 2.50. The van der Waals surface area contributed by atoms with E-state index in [1.807, 2.05) is 61.5 Å². The molecule has 2 aliphatic rings. The molecular formula is C33H41N3O6. The number of benzene rings is 2. The molecule has 9 nitrogen and oxygen atoms in total. The number of carbonyl (C=O) groups is 2. The molecule has 0 bridgehead atoms. The van der Waals surface area contributed by atoms with Gasteiger partial charge in [-0.25, -0.2) is 0 Å². The standard InChI is InChI=1S/C33H41N3O6/c1-24-5-11-28(42-24)21-36(20-25-6-12-29-30(19-25)41-23-40-29)31(37)22-35(14-13-34-15-17-39-18-16-34)32(38)26-7-9-27(10-8-26)33(2,3)4/h5-12,19H,13-18,20-23H2,1-4H3. The molecule has 0 N–H and O–H groups in total. The van der Waals surface area contributed by atoms with Gasteiger partial charge in [0.05, 0.1) is 19.8 Å². The number of fused-ring (bicyclic) bond motifs is 1. The molecule has 3 aromatic rings. The van der Waals surface area contributed by atoms with Gasteiger partial charge in [0.2, 0.25) is 12.7 Å². The summed E-state index contributed by atoms with van der Waals surface area (Å²) in [7, 11) is 0. The SMILES string of the molecule is Cc1ccc(CN(Cc2ccc3c(c2)OCO3)C(=O)CN(CCN2CCOCC2)C(=O)c2ccc(C(C)(C)C)cc2)o1. The highest BCUT2D eigenvalue weighted by Crippen LogP contribution is 2.33. The van der Waals surface area contributed by atoms with Gasteiger partial charge in [-0.3, -0.25) is 14.5 Å². The first kappa shape index (κ1) is 29.7. The molecule has 1 fully saturated rings. The molecule has 2 amide bonds. The third-order valence-corrected chi connectivity index (χ3v) is 7.71. The van der Waals surface area contributed by atoms with E-state index in [0.717, 1.165) is 30.0 Å². The maximum absolute atomic E-state index is 14.0. The van der Waals surface area contributed by atoms with Crippen LogP contribution in [0.2, 0.25) is 0 Å². The summed E-state index contributed by atoms with van der Waals surface area (Å²) in [4.78, 5) is 33.5. The molecule has 0 atom stereocenters. The van der Waals surface area contributed by atoms with Gasteiger partial charge in [-0.2, -0.15) is 0 Å². The van der Waals surface area contributed by atoms with Crippen LogP contribution in [-0.4, -0.2) is 79.2 Å². The number of ether oxygens (including phenoxy) is 3. The molecule has 9 heteroatoms. The molecule has 0 unspecified atom stereocenters. The van der Waals surface area contributed by atoms with Gasteiger partial charge >= 0.3 is 0 Å². The van der Waals surface area contributed by atoms with Gasteiger partial charge in [-0.05, 0) is 59.9 Å². The molecule has 0 spiro atoms. The first-order valence-corrected chi connectivity index (χ1v) is 14.6. The minimum atomic E-state index is -0.164. The van der Waals surface area contributed by atoms with Crippen LogP contribution < -0.4 is 9.47 Å². The second-order valence-corrected chi connectivity index (χ2v) is 12.0. The third kappa shape index (κ3) is 7.52. The summed E-state index contributed by atoms with van der Waals surface area (Å²) in [6.45, 7) is 13.1. The van der Waals surface area contributed by atoms with Crippen molar-refractivity contribution in [2.75, 3.05) is 52.7 Å². The monoisotopic (exact) mass is 575 g/mol. The van der Waals surface area contributed by atoms with E-state index in [1.54, 1.807) is 9.80 Å². The number of aryl methyl sites for hydroxylation is 1. The van der Waals surface area contributed by atoms with Gasteiger partial charge < -0.3 is 28.4 Å². The normalized spacial score (nSPS) is 15.0. The quantitative estimate of drug-likeness (QED) is 0.349. The highest BCUT2D eigenvalue weighted by Gasteiger charge is 2.26. The Kier molecular flexibility index (Phi) is 9.18. The first-order valence-electron chi connectivity index (χ1n) is 14.6. The maximum atomic E-state index is 14.0. The Morgan fingerprint density at radius 1 is 0.881 bits per heavy atom. The van der Waals surface area contributed by atoms with Crippen molar-refractivity contribution in [2.45, 2.75) is 46.2 Å². The lowest BCUT2D eigenvalue weighted by Crippen LogP contribution is -2.47. The zero-order valence-electron chi connectivity index (χ0n) is 25.1. The molecule has 0 radical (unpaired) electrons. The van der Waals surface area contributed by atoms with E-state index in [4.69, 9.17) is 18.6 Å². The predicted molar refractivity (Wildman–Crippen MR) is 159 cm³/mol. The van der Waals surface area contributed by atoms with E-state index in [2.05, 4.69) is 25.7 Å². The largest absolute Gasteiger partial charge is 0.464 e. The van der Waals surface area contributed by atoms with Crippen LogP contribution in [0.1, 0.15) is 53.8 Å². The molecule has 0 aliphatic carbocycles. The molecule has 0 saturated carbocycles. The van der Waals surface area contributed by atoms with Crippen molar-refractivity contribution in [3.63, 3.8) is 0 Å². The van der Waals surface area contributed by atoms with Crippen LogP contribution in [0, 0.1) is 6.92 Å². The summed E-state index contributed by atoms with van der Waals surface area (Å²) in [6.07, 6.45) is 0. The minimum Gasteiger partial charge on any atom is -0.464 e. The molecule has 2 aliphatic heterocycles. The number of amides is 2. The third-order valence-electron chi connectivity index (χ3n) is 7.71. The van der Waals surface area contributed by atoms with Crippen LogP contribution in [-0.2, 0) is 28.0 Å². The fourth-order valence-corrected chi connectivity index (χ4v) is 5.15. The van der Waals surface area contributed by atoms with Crippen LogP contribution in [0.15, 0.2) is 59.0 Å². The van der Waals surface area contributed by atoms with Crippen molar-refractivity contribution in [1.82, 2.24) is 14.7 Å². The van der Waals surface area contributed by atoms with Crippen molar-refractivity contribution >= 4 is 11.8 Å². The number of hydrogen-bond acceptors (Lipinski definition) is 7. The summed E-state index contributed by atoms with van der Waals surface area (Å²) in [5.41, 5.74) is 2.60. The lowest BCUT2D eigenvalue weighted by molar-refractivity contribution is -0.133. The van der Waals surface area contributed by atoms with Crippen molar-refractivity contribution in [3.8, 4) is 11.5 Å². The number of rotatable bonds is 10. The van der Waals surface area contributed by atoms with E-state index in [9.17, 15) is 9.59 Å². The Morgan fingerprint density at radius 2 is 1.62 bits per heavy atom. The summed E-state index contributed by atoms with van der Waals surface area (Å²) >= 11 is 0. The van der Waals surface area contributed by atoms with Crippen LogP contribution in [0.3, 0.4) is 0 Å². The van der Waals surface area contributed by atoms with Gasteiger partial charge in [-0.1, -0.05) is 39.0 Å². The maximum Gasteiger partial charge on any atom is 0.254 e. The number of hydrogen-bond donors (Lipinski definition) is 0. The zero-order chi connectivity index (χ0) is 29.7. The Morgan fingerprint density at radius 3 is 2.31 bits per heavy atom. The Hall–Kier alpha value is -3.82. The van der Waals surface area contributed by atoms with Gasteiger partial charge in [0.1, 0.15) is 18.1 Å². The fraction of sp³-hybridized carbons (Fsp3) is 0.455. The smallest absolute Gasteiger partial charge is 0.254 e. The average Bonchev–Trinajstić information content (AvgIpc) is 3.62. The topological polar surface area (TPSA) is 84.7 Å². The van der Waals surface area contributed by atoms with Crippen LogP contribution >= 0.6 is 0 Å². The van der Waals surface area contributed by atoms with Crippen LogP contribution in [0.25, 0.3) is 0 Å². The average molecular weight is 576 g/mol. The Balaban J connectivity index is 1.36. The summed E-state index contributed by atoms with van der Waals surface area (Å²) in [5, 5.41) is 0. The van der Waals surface area contributed by atoms with E-state index in [0.29, 0.717) is 55.7 Å². The molecule has 3 heterocycles.